The lowest BCUT2D eigenvalue weighted by Gasteiger charge is -2.02. The van der Waals surface area contributed by atoms with Crippen molar-refractivity contribution in [1.82, 2.24) is 20.2 Å². The second-order valence-corrected chi connectivity index (χ2v) is 4.71. The molecule has 0 atom stereocenters. The number of aromatic amines is 1. The molecule has 0 aliphatic heterocycles. The monoisotopic (exact) mass is 317 g/mol. The summed E-state index contributed by atoms with van der Waals surface area (Å²) < 4.78 is 0.815. The van der Waals surface area contributed by atoms with Gasteiger partial charge in [-0.1, -0.05) is 6.07 Å². The second-order valence-electron chi connectivity index (χ2n) is 3.79. The van der Waals surface area contributed by atoms with Crippen LogP contribution in [0.15, 0.2) is 41.1 Å². The summed E-state index contributed by atoms with van der Waals surface area (Å²) in [6.45, 7) is 0. The zero-order chi connectivity index (χ0) is 13.2. The van der Waals surface area contributed by atoms with E-state index >= 15 is 0 Å². The number of hydrogen-bond donors (Lipinski definition) is 2. The molecule has 19 heavy (non-hydrogen) atoms. The van der Waals surface area contributed by atoms with E-state index in [1.807, 2.05) is 6.07 Å². The zero-order valence-electron chi connectivity index (χ0n) is 9.59. The van der Waals surface area contributed by atoms with Gasteiger partial charge in [-0.15, -0.1) is 0 Å². The fourth-order valence-corrected chi connectivity index (χ4v) is 1.98. The van der Waals surface area contributed by atoms with Gasteiger partial charge in [-0.05, 0) is 34.1 Å². The molecular weight excluding hydrogens is 310 g/mol. The molecule has 0 spiro atoms. The van der Waals surface area contributed by atoms with Gasteiger partial charge in [-0.2, -0.15) is 5.10 Å². The van der Waals surface area contributed by atoms with Crippen molar-refractivity contribution in [3.05, 3.63) is 46.8 Å². The van der Waals surface area contributed by atoms with Crippen LogP contribution in [-0.4, -0.2) is 26.1 Å². The standard InChI is InChI=1S/C12H8BrN5O/c13-7-5-8-10(15-6-7)17-18-11(8)16-12(19)9-3-1-2-4-14-9/h1-6H,(H2,15,16,17,18,19). The van der Waals surface area contributed by atoms with Crippen molar-refractivity contribution in [3.8, 4) is 0 Å². The van der Waals surface area contributed by atoms with E-state index < -0.39 is 0 Å². The molecule has 7 heteroatoms. The van der Waals surface area contributed by atoms with Gasteiger partial charge in [0.15, 0.2) is 5.65 Å². The van der Waals surface area contributed by atoms with Crippen LogP contribution in [0.25, 0.3) is 11.0 Å². The first kappa shape index (κ1) is 11.8. The van der Waals surface area contributed by atoms with Crippen molar-refractivity contribution in [2.45, 2.75) is 0 Å². The molecule has 0 aliphatic carbocycles. The minimum Gasteiger partial charge on any atom is -0.305 e. The molecule has 1 amide bonds. The summed E-state index contributed by atoms with van der Waals surface area (Å²) >= 11 is 3.33. The number of H-pyrrole nitrogens is 1. The maximum absolute atomic E-state index is 12.0. The third kappa shape index (κ3) is 2.32. The van der Waals surface area contributed by atoms with E-state index in [2.05, 4.69) is 41.4 Å². The molecule has 3 rings (SSSR count). The molecule has 0 aromatic carbocycles. The van der Waals surface area contributed by atoms with Crippen molar-refractivity contribution in [3.63, 3.8) is 0 Å². The van der Waals surface area contributed by atoms with Gasteiger partial charge in [-0.3, -0.25) is 14.9 Å². The number of anilines is 1. The average Bonchev–Trinajstić information content (AvgIpc) is 2.82. The molecule has 0 fully saturated rings. The normalized spacial score (nSPS) is 10.6. The Balaban J connectivity index is 1.94. The first-order valence-corrected chi connectivity index (χ1v) is 6.25. The molecule has 2 N–H and O–H groups in total. The number of nitrogens with zero attached hydrogens (tertiary/aromatic N) is 3. The van der Waals surface area contributed by atoms with Gasteiger partial charge >= 0.3 is 0 Å². The lowest BCUT2D eigenvalue weighted by molar-refractivity contribution is 0.102. The van der Waals surface area contributed by atoms with E-state index in [1.54, 1.807) is 30.6 Å². The Kier molecular flexibility index (Phi) is 2.96. The number of carbonyl (C=O) groups excluding carboxylic acids is 1. The topological polar surface area (TPSA) is 83.6 Å². The molecule has 3 heterocycles. The average molecular weight is 318 g/mol. The maximum atomic E-state index is 12.0. The molecule has 0 bridgehead atoms. The largest absolute Gasteiger partial charge is 0.305 e. The fraction of sp³-hybridized carbons (Fsp3) is 0. The number of carbonyl (C=O) groups is 1. The smallest absolute Gasteiger partial charge is 0.275 e. The summed E-state index contributed by atoms with van der Waals surface area (Å²) in [6, 6.07) is 6.98. The highest BCUT2D eigenvalue weighted by molar-refractivity contribution is 9.10. The van der Waals surface area contributed by atoms with E-state index in [-0.39, 0.29) is 5.91 Å². The minimum atomic E-state index is -0.300. The van der Waals surface area contributed by atoms with Gasteiger partial charge in [0.05, 0.1) is 5.39 Å². The highest BCUT2D eigenvalue weighted by atomic mass is 79.9. The quantitative estimate of drug-likeness (QED) is 0.760. The van der Waals surface area contributed by atoms with Gasteiger partial charge in [0.1, 0.15) is 11.5 Å². The number of halogens is 1. The SMILES string of the molecule is O=C(Nc1[nH]nc2ncc(Br)cc12)c1ccccn1. The molecule has 3 aromatic rings. The van der Waals surface area contributed by atoms with Gasteiger partial charge in [0, 0.05) is 16.9 Å². The minimum absolute atomic E-state index is 0.300. The number of pyridine rings is 2. The van der Waals surface area contributed by atoms with E-state index in [9.17, 15) is 4.79 Å². The van der Waals surface area contributed by atoms with Crippen molar-refractivity contribution in [2.75, 3.05) is 5.32 Å². The van der Waals surface area contributed by atoms with E-state index in [0.29, 0.717) is 17.2 Å². The molecule has 0 unspecified atom stereocenters. The lowest BCUT2D eigenvalue weighted by atomic mass is 10.3. The highest BCUT2D eigenvalue weighted by Crippen LogP contribution is 2.22. The van der Waals surface area contributed by atoms with Crippen LogP contribution in [0.4, 0.5) is 5.82 Å². The van der Waals surface area contributed by atoms with Crippen LogP contribution in [0.2, 0.25) is 0 Å². The Morgan fingerprint density at radius 2 is 2.21 bits per heavy atom. The van der Waals surface area contributed by atoms with Crippen LogP contribution < -0.4 is 5.32 Å². The first-order valence-electron chi connectivity index (χ1n) is 5.46. The van der Waals surface area contributed by atoms with Crippen molar-refractivity contribution in [2.24, 2.45) is 0 Å². The highest BCUT2D eigenvalue weighted by Gasteiger charge is 2.12. The van der Waals surface area contributed by atoms with Crippen LogP contribution in [-0.2, 0) is 0 Å². The van der Waals surface area contributed by atoms with Crippen molar-refractivity contribution >= 4 is 38.7 Å². The van der Waals surface area contributed by atoms with Crippen LogP contribution in [0, 0.1) is 0 Å². The molecule has 3 aromatic heterocycles. The van der Waals surface area contributed by atoms with Gasteiger partial charge in [0.2, 0.25) is 0 Å². The molecule has 0 saturated carbocycles. The van der Waals surface area contributed by atoms with E-state index in [1.165, 1.54) is 0 Å². The summed E-state index contributed by atoms with van der Waals surface area (Å²) in [5.74, 6) is 0.200. The zero-order valence-corrected chi connectivity index (χ0v) is 11.2. The first-order chi connectivity index (χ1) is 9.24. The third-order valence-corrected chi connectivity index (χ3v) is 2.95. The maximum Gasteiger partial charge on any atom is 0.275 e. The summed E-state index contributed by atoms with van der Waals surface area (Å²) in [7, 11) is 0. The number of rotatable bonds is 2. The Labute approximate surface area is 116 Å². The van der Waals surface area contributed by atoms with Gasteiger partial charge in [0.25, 0.3) is 5.91 Å². The summed E-state index contributed by atoms with van der Waals surface area (Å²) in [6.07, 6.45) is 3.21. The number of aromatic nitrogens is 4. The predicted molar refractivity (Wildman–Crippen MR) is 73.8 cm³/mol. The van der Waals surface area contributed by atoms with E-state index in [0.717, 1.165) is 9.86 Å². The van der Waals surface area contributed by atoms with Gasteiger partial charge in [-0.25, -0.2) is 4.98 Å². The number of fused-ring (bicyclic) bond motifs is 1. The Morgan fingerprint density at radius 3 is 3.00 bits per heavy atom. The fourth-order valence-electron chi connectivity index (χ4n) is 1.64. The molecule has 0 aliphatic rings. The van der Waals surface area contributed by atoms with Crippen molar-refractivity contribution < 1.29 is 4.79 Å². The lowest BCUT2D eigenvalue weighted by Crippen LogP contribution is -2.13. The van der Waals surface area contributed by atoms with Crippen LogP contribution in [0.1, 0.15) is 10.5 Å². The summed E-state index contributed by atoms with van der Waals surface area (Å²) in [4.78, 5) is 20.1. The number of amides is 1. The van der Waals surface area contributed by atoms with Gasteiger partial charge < -0.3 is 5.32 Å². The molecule has 94 valence electrons. The number of nitrogens with one attached hydrogen (secondary N) is 2. The summed E-state index contributed by atoms with van der Waals surface area (Å²) in [5, 5.41) is 10.2. The Bertz CT molecular complexity index is 740. The molecule has 6 nitrogen and oxygen atoms in total. The van der Waals surface area contributed by atoms with E-state index in [4.69, 9.17) is 0 Å². The molecular formula is C12H8BrN5O. The van der Waals surface area contributed by atoms with Crippen molar-refractivity contribution in [1.29, 1.82) is 0 Å². The third-order valence-electron chi connectivity index (χ3n) is 2.51. The number of hydrogen-bond acceptors (Lipinski definition) is 4. The molecule has 0 radical (unpaired) electrons. The predicted octanol–water partition coefficient (Wildman–Crippen LogP) is 2.37. The molecule has 0 saturated heterocycles. The van der Waals surface area contributed by atoms with Crippen LogP contribution in [0.5, 0.6) is 0 Å². The summed E-state index contributed by atoms with van der Waals surface area (Å²) in [5.41, 5.74) is 0.882. The van der Waals surface area contributed by atoms with Crippen LogP contribution in [0.3, 0.4) is 0 Å². The van der Waals surface area contributed by atoms with Crippen LogP contribution >= 0.6 is 15.9 Å². The Hall–Kier alpha value is -2.28. The second kappa shape index (κ2) is 4.77. The Morgan fingerprint density at radius 1 is 1.32 bits per heavy atom.